The van der Waals surface area contributed by atoms with Gasteiger partial charge >= 0.3 is 0 Å². The maximum atomic E-state index is 12.3. The summed E-state index contributed by atoms with van der Waals surface area (Å²) in [6, 6.07) is 13.2. The zero-order valence-corrected chi connectivity index (χ0v) is 13.9. The second-order valence-electron chi connectivity index (χ2n) is 6.49. The number of nitrogens with one attached hydrogen (secondary N) is 2. The van der Waals surface area contributed by atoms with E-state index in [0.29, 0.717) is 12.1 Å². The molecule has 0 aliphatic carbocycles. The van der Waals surface area contributed by atoms with E-state index in [1.165, 1.54) is 5.56 Å². The molecule has 5 nitrogen and oxygen atoms in total. The van der Waals surface area contributed by atoms with E-state index >= 15 is 0 Å². The largest absolute Gasteiger partial charge is 0.493 e. The van der Waals surface area contributed by atoms with Crippen molar-refractivity contribution in [2.24, 2.45) is 0 Å². The Morgan fingerprint density at radius 2 is 2.12 bits per heavy atom. The van der Waals surface area contributed by atoms with Gasteiger partial charge in [-0.1, -0.05) is 30.3 Å². The standard InChI is InChI=1S/C20H20N2O3/c23-19(11-17-15-5-1-2-6-16(15)20(24)22-17)21-12-13-7-8-18-14(10-13)4-3-9-25-18/h1-2,5-8,10,17H,3-4,9,11-12H2,(H,21,23)(H,22,24)/t17-/m0/s1. The van der Waals surface area contributed by atoms with Crippen molar-refractivity contribution in [2.75, 3.05) is 6.61 Å². The molecule has 0 saturated carbocycles. The average Bonchev–Trinajstić information content (AvgIpc) is 2.96. The fraction of sp³-hybridized carbons (Fsp3) is 0.300. The normalized spacial score (nSPS) is 17.9. The number of benzene rings is 2. The van der Waals surface area contributed by atoms with Gasteiger partial charge in [-0.2, -0.15) is 0 Å². The lowest BCUT2D eigenvalue weighted by Gasteiger charge is -2.18. The third kappa shape index (κ3) is 3.22. The highest BCUT2D eigenvalue weighted by Crippen LogP contribution is 2.28. The lowest BCUT2D eigenvalue weighted by atomic mass is 10.0. The van der Waals surface area contributed by atoms with Gasteiger partial charge in [-0.25, -0.2) is 0 Å². The van der Waals surface area contributed by atoms with Crippen LogP contribution in [0.15, 0.2) is 42.5 Å². The maximum Gasteiger partial charge on any atom is 0.252 e. The van der Waals surface area contributed by atoms with E-state index in [-0.39, 0.29) is 24.3 Å². The molecule has 0 unspecified atom stereocenters. The Kier molecular flexibility index (Phi) is 4.14. The van der Waals surface area contributed by atoms with Gasteiger partial charge in [0.05, 0.1) is 19.1 Å². The number of hydrogen-bond acceptors (Lipinski definition) is 3. The Morgan fingerprint density at radius 3 is 3.04 bits per heavy atom. The van der Waals surface area contributed by atoms with E-state index in [2.05, 4.69) is 16.7 Å². The van der Waals surface area contributed by atoms with Crippen molar-refractivity contribution in [1.82, 2.24) is 10.6 Å². The molecule has 128 valence electrons. The van der Waals surface area contributed by atoms with Crippen molar-refractivity contribution in [3.63, 3.8) is 0 Å². The Morgan fingerprint density at radius 1 is 1.24 bits per heavy atom. The molecule has 0 saturated heterocycles. The minimum absolute atomic E-state index is 0.0732. The first-order valence-electron chi connectivity index (χ1n) is 8.62. The number of rotatable bonds is 4. The van der Waals surface area contributed by atoms with Gasteiger partial charge in [0.15, 0.2) is 0 Å². The predicted molar refractivity (Wildman–Crippen MR) is 93.4 cm³/mol. The molecule has 0 bridgehead atoms. The van der Waals surface area contributed by atoms with Crippen LogP contribution in [-0.2, 0) is 17.8 Å². The second kappa shape index (κ2) is 6.59. The highest BCUT2D eigenvalue weighted by atomic mass is 16.5. The van der Waals surface area contributed by atoms with Gasteiger partial charge < -0.3 is 15.4 Å². The van der Waals surface area contributed by atoms with E-state index in [1.807, 2.05) is 30.3 Å². The van der Waals surface area contributed by atoms with Crippen molar-refractivity contribution in [3.8, 4) is 5.75 Å². The molecule has 5 heteroatoms. The van der Waals surface area contributed by atoms with Crippen molar-refractivity contribution < 1.29 is 14.3 Å². The lowest BCUT2D eigenvalue weighted by Crippen LogP contribution is -2.28. The fourth-order valence-corrected chi connectivity index (χ4v) is 3.46. The van der Waals surface area contributed by atoms with E-state index in [4.69, 9.17) is 4.74 Å². The number of carbonyl (C=O) groups excluding carboxylic acids is 2. The van der Waals surface area contributed by atoms with Gasteiger partial charge in [0.25, 0.3) is 5.91 Å². The molecule has 2 aliphatic heterocycles. The van der Waals surface area contributed by atoms with Crippen LogP contribution in [0.3, 0.4) is 0 Å². The Bertz CT molecular complexity index is 831. The summed E-state index contributed by atoms with van der Waals surface area (Å²) in [5.74, 6) is 0.769. The molecule has 25 heavy (non-hydrogen) atoms. The topological polar surface area (TPSA) is 67.4 Å². The van der Waals surface area contributed by atoms with Crippen LogP contribution in [0.2, 0.25) is 0 Å². The number of hydrogen-bond donors (Lipinski definition) is 2. The monoisotopic (exact) mass is 336 g/mol. The van der Waals surface area contributed by atoms with Crippen LogP contribution in [0.25, 0.3) is 0 Å². The molecular weight excluding hydrogens is 316 g/mol. The first-order chi connectivity index (χ1) is 12.2. The molecule has 4 rings (SSSR count). The van der Waals surface area contributed by atoms with E-state index in [1.54, 1.807) is 6.07 Å². The Balaban J connectivity index is 1.36. The quantitative estimate of drug-likeness (QED) is 0.901. The molecule has 2 N–H and O–H groups in total. The molecular formula is C20H20N2O3. The van der Waals surface area contributed by atoms with Gasteiger partial charge in [0.2, 0.25) is 5.91 Å². The smallest absolute Gasteiger partial charge is 0.252 e. The van der Waals surface area contributed by atoms with Gasteiger partial charge in [-0.15, -0.1) is 0 Å². The summed E-state index contributed by atoms with van der Waals surface area (Å²) in [5, 5.41) is 5.82. The van der Waals surface area contributed by atoms with Crippen LogP contribution >= 0.6 is 0 Å². The molecule has 2 amide bonds. The maximum absolute atomic E-state index is 12.3. The van der Waals surface area contributed by atoms with Gasteiger partial charge in [-0.05, 0) is 41.7 Å². The van der Waals surface area contributed by atoms with Crippen molar-refractivity contribution in [2.45, 2.75) is 31.8 Å². The summed E-state index contributed by atoms with van der Waals surface area (Å²) in [6.45, 7) is 1.26. The molecule has 2 aromatic rings. The summed E-state index contributed by atoms with van der Waals surface area (Å²) in [7, 11) is 0. The second-order valence-corrected chi connectivity index (χ2v) is 6.49. The number of aryl methyl sites for hydroxylation is 1. The van der Waals surface area contributed by atoms with Crippen LogP contribution in [0.1, 0.15) is 45.9 Å². The predicted octanol–water partition coefficient (Wildman–Crippen LogP) is 2.50. The lowest BCUT2D eigenvalue weighted by molar-refractivity contribution is -0.121. The summed E-state index contributed by atoms with van der Waals surface area (Å²) < 4.78 is 5.61. The van der Waals surface area contributed by atoms with Crippen LogP contribution in [0.4, 0.5) is 0 Å². The third-order valence-corrected chi connectivity index (χ3v) is 4.74. The van der Waals surface area contributed by atoms with E-state index in [0.717, 1.165) is 36.3 Å². The number of fused-ring (bicyclic) bond motifs is 2. The fourth-order valence-electron chi connectivity index (χ4n) is 3.46. The molecule has 1 atom stereocenters. The molecule has 2 aliphatic rings. The number of amides is 2. The number of carbonyl (C=O) groups is 2. The highest BCUT2D eigenvalue weighted by Gasteiger charge is 2.29. The molecule has 0 spiro atoms. The van der Waals surface area contributed by atoms with Crippen LogP contribution in [0, 0.1) is 0 Å². The third-order valence-electron chi connectivity index (χ3n) is 4.74. The van der Waals surface area contributed by atoms with Gasteiger partial charge in [0, 0.05) is 12.1 Å². The molecule has 2 heterocycles. The van der Waals surface area contributed by atoms with Gasteiger partial charge in [-0.3, -0.25) is 9.59 Å². The van der Waals surface area contributed by atoms with Crippen LogP contribution < -0.4 is 15.4 Å². The van der Waals surface area contributed by atoms with Crippen molar-refractivity contribution >= 4 is 11.8 Å². The Labute approximate surface area is 146 Å². The highest BCUT2D eigenvalue weighted by molar-refractivity contribution is 5.99. The van der Waals surface area contributed by atoms with Crippen molar-refractivity contribution in [1.29, 1.82) is 0 Å². The van der Waals surface area contributed by atoms with E-state index < -0.39 is 0 Å². The molecule has 0 radical (unpaired) electrons. The van der Waals surface area contributed by atoms with Crippen molar-refractivity contribution in [3.05, 3.63) is 64.7 Å². The first kappa shape index (κ1) is 15.7. The summed E-state index contributed by atoms with van der Waals surface area (Å²) in [4.78, 5) is 24.2. The van der Waals surface area contributed by atoms with E-state index in [9.17, 15) is 9.59 Å². The summed E-state index contributed by atoms with van der Waals surface area (Å²) >= 11 is 0. The molecule has 0 aromatic heterocycles. The first-order valence-corrected chi connectivity index (χ1v) is 8.62. The van der Waals surface area contributed by atoms with Gasteiger partial charge in [0.1, 0.15) is 5.75 Å². The minimum atomic E-state index is -0.249. The summed E-state index contributed by atoms with van der Waals surface area (Å²) in [6.07, 6.45) is 2.29. The summed E-state index contributed by atoms with van der Waals surface area (Å²) in [5.41, 5.74) is 3.83. The zero-order valence-electron chi connectivity index (χ0n) is 13.9. The number of ether oxygens (including phenoxy) is 1. The molecule has 0 fully saturated rings. The zero-order chi connectivity index (χ0) is 17.2. The van der Waals surface area contributed by atoms with Crippen LogP contribution in [-0.4, -0.2) is 18.4 Å². The SMILES string of the molecule is O=C(C[C@@H]1NC(=O)c2ccccc21)NCc1ccc2c(c1)CCCO2. The van der Waals surface area contributed by atoms with Crippen LogP contribution in [0.5, 0.6) is 5.75 Å². The Hall–Kier alpha value is -2.82. The minimum Gasteiger partial charge on any atom is -0.493 e. The molecule has 2 aromatic carbocycles. The average molecular weight is 336 g/mol.